The minimum atomic E-state index is -0.349. The smallest absolute Gasteiger partial charge is 0.292 e. The minimum absolute atomic E-state index is 0.0417. The lowest BCUT2D eigenvalue weighted by atomic mass is 9.98. The van der Waals surface area contributed by atoms with Crippen molar-refractivity contribution < 1.29 is 14.3 Å². The van der Waals surface area contributed by atoms with Crippen LogP contribution in [0.2, 0.25) is 0 Å². The van der Waals surface area contributed by atoms with Gasteiger partial charge in [-0.25, -0.2) is 4.98 Å². The highest BCUT2D eigenvalue weighted by Crippen LogP contribution is 2.28. The quantitative estimate of drug-likeness (QED) is 0.246. The summed E-state index contributed by atoms with van der Waals surface area (Å²) in [6, 6.07) is 0.848. The Balaban J connectivity index is 0.000000790. The monoisotopic (exact) mass is 645 g/mol. The summed E-state index contributed by atoms with van der Waals surface area (Å²) in [5, 5.41) is 3.51. The van der Waals surface area contributed by atoms with Gasteiger partial charge in [-0.3, -0.25) is 29.1 Å². The Labute approximate surface area is 274 Å². The van der Waals surface area contributed by atoms with Crippen LogP contribution in [0.1, 0.15) is 67.2 Å². The van der Waals surface area contributed by atoms with Gasteiger partial charge in [-0.2, -0.15) is 0 Å². The van der Waals surface area contributed by atoms with Gasteiger partial charge >= 0.3 is 0 Å². The Morgan fingerprint density at radius 2 is 1.76 bits per heavy atom. The number of nitrogens with zero attached hydrogens (tertiary/aromatic N) is 5. The van der Waals surface area contributed by atoms with E-state index in [-0.39, 0.29) is 35.2 Å². The fourth-order valence-corrected chi connectivity index (χ4v) is 5.68. The topological polar surface area (TPSA) is 114 Å². The van der Waals surface area contributed by atoms with Crippen molar-refractivity contribution in [2.45, 2.75) is 84.9 Å². The second-order valence-electron chi connectivity index (χ2n) is 12.5. The van der Waals surface area contributed by atoms with Crippen molar-refractivity contribution in [2.75, 3.05) is 68.0 Å². The molecule has 2 fully saturated rings. The zero-order chi connectivity index (χ0) is 33.7. The third kappa shape index (κ3) is 11.6. The van der Waals surface area contributed by atoms with Crippen molar-refractivity contribution in [2.24, 2.45) is 0 Å². The first kappa shape index (κ1) is 38.0. The van der Waals surface area contributed by atoms with Crippen LogP contribution < -0.4 is 20.7 Å². The molecule has 3 aliphatic heterocycles. The number of piperidine rings is 1. The Hall–Kier alpha value is -3.17. The number of anilines is 3. The van der Waals surface area contributed by atoms with Gasteiger partial charge in [0.1, 0.15) is 6.54 Å². The number of fused-ring (bicyclic) bond motifs is 1. The predicted octanol–water partition coefficient (Wildman–Crippen LogP) is 4.21. The van der Waals surface area contributed by atoms with Crippen LogP contribution in [-0.2, 0) is 14.3 Å². The van der Waals surface area contributed by atoms with Crippen LogP contribution in [0.4, 0.5) is 17.5 Å². The second-order valence-corrected chi connectivity index (χ2v) is 13.1. The minimum Gasteiger partial charge on any atom is -0.379 e. The van der Waals surface area contributed by atoms with Gasteiger partial charge in [0.15, 0.2) is 17.5 Å². The number of amides is 2. The largest absolute Gasteiger partial charge is 0.379 e. The molecular weight excluding hydrogens is 594 g/mol. The first-order valence-electron chi connectivity index (χ1n) is 15.6. The standard InChI is InChI=1S/C26H38ClN7O3.C5H12O.C2H2/c1-4-20-15-32(25-26(37)30-24-23(29-25)28-22(36)16-33(24)17-35)12-13-34(20)21-8-10-31(11-9-21)14-18(2)6-5-7-19(3)27;1-5(2,3)6-4;1-2/h6-7,17,20-21H,4-5,8-16H2,1-3H3,(H,30,37)(H,28,29,36);1-4H3;1-2H/b18-6+,19-7+;;. The highest BCUT2D eigenvalue weighted by molar-refractivity contribution is 6.29. The Morgan fingerprint density at radius 3 is 2.31 bits per heavy atom. The average Bonchev–Trinajstić information content (AvgIpc) is 3.01. The van der Waals surface area contributed by atoms with Gasteiger partial charge in [-0.05, 0) is 73.4 Å². The van der Waals surface area contributed by atoms with E-state index < -0.39 is 0 Å². The van der Waals surface area contributed by atoms with Crippen LogP contribution >= 0.6 is 11.6 Å². The zero-order valence-electron chi connectivity index (χ0n) is 28.1. The molecule has 0 bridgehead atoms. The van der Waals surface area contributed by atoms with Crippen LogP contribution in [0.5, 0.6) is 0 Å². The number of aromatic nitrogens is 2. The number of H-pyrrole nitrogens is 1. The Kier molecular flexibility index (Phi) is 15.3. The number of piperazine rings is 1. The van der Waals surface area contributed by atoms with E-state index in [1.165, 1.54) is 10.5 Å². The molecule has 0 spiro atoms. The van der Waals surface area contributed by atoms with Crippen LogP contribution in [0.15, 0.2) is 27.6 Å². The normalized spacial score (nSPS) is 20.3. The SMILES string of the molecule is C#C.CCC1CN(c2nc3c([nH]c2=O)N(C=O)CC(=O)N3)CCN1C1CCN(C/C(C)=C/C/C=C(\C)Cl)CC1.COC(C)(C)C. The van der Waals surface area contributed by atoms with Gasteiger partial charge in [-0.15, -0.1) is 12.8 Å². The molecule has 0 saturated carbocycles. The summed E-state index contributed by atoms with van der Waals surface area (Å²) in [5.74, 6) is 0.414. The molecule has 12 heteroatoms. The number of ether oxygens (including phenoxy) is 1. The highest BCUT2D eigenvalue weighted by atomic mass is 35.5. The molecule has 1 aromatic rings. The number of carbonyl (C=O) groups is 2. The lowest BCUT2D eigenvalue weighted by Gasteiger charge is -2.47. The number of nitrogens with one attached hydrogen (secondary N) is 2. The molecule has 0 aliphatic carbocycles. The van der Waals surface area contributed by atoms with Crippen molar-refractivity contribution >= 4 is 41.4 Å². The lowest BCUT2D eigenvalue weighted by Crippen LogP contribution is -2.59. The van der Waals surface area contributed by atoms with E-state index in [1.54, 1.807) is 7.11 Å². The molecule has 1 atom stereocenters. The summed E-state index contributed by atoms with van der Waals surface area (Å²) in [6.07, 6.45) is 16.9. The van der Waals surface area contributed by atoms with Gasteiger partial charge in [0.2, 0.25) is 12.3 Å². The highest BCUT2D eigenvalue weighted by Gasteiger charge is 2.35. The van der Waals surface area contributed by atoms with Crippen molar-refractivity contribution in [3.05, 3.63) is 33.1 Å². The van der Waals surface area contributed by atoms with Gasteiger partial charge in [0.25, 0.3) is 5.56 Å². The number of halogens is 1. The van der Waals surface area contributed by atoms with Crippen LogP contribution in [0, 0.1) is 12.8 Å². The number of hydrogen-bond acceptors (Lipinski definition) is 8. The zero-order valence-corrected chi connectivity index (χ0v) is 28.8. The number of carbonyl (C=O) groups excluding carboxylic acids is 2. The number of aromatic amines is 1. The number of likely N-dealkylation sites (tertiary alicyclic amines) is 1. The molecule has 0 aromatic carbocycles. The molecule has 45 heavy (non-hydrogen) atoms. The van der Waals surface area contributed by atoms with Crippen LogP contribution in [-0.4, -0.2) is 103 Å². The van der Waals surface area contributed by atoms with Crippen LogP contribution in [0.3, 0.4) is 0 Å². The predicted molar refractivity (Wildman–Crippen MR) is 184 cm³/mol. The summed E-state index contributed by atoms with van der Waals surface area (Å²) in [6.45, 7) is 17.6. The number of terminal acetylenes is 1. The number of methoxy groups -OCH3 is 1. The van der Waals surface area contributed by atoms with Gasteiger partial charge in [0, 0.05) is 50.4 Å². The molecule has 4 rings (SSSR count). The van der Waals surface area contributed by atoms with Crippen LogP contribution in [0.25, 0.3) is 0 Å². The van der Waals surface area contributed by atoms with E-state index in [2.05, 4.69) is 57.9 Å². The molecule has 3 aliphatic rings. The Bertz CT molecular complexity index is 1260. The summed E-state index contributed by atoms with van der Waals surface area (Å²) < 4.78 is 4.94. The first-order chi connectivity index (χ1) is 21.3. The Morgan fingerprint density at radius 1 is 1.11 bits per heavy atom. The summed E-state index contributed by atoms with van der Waals surface area (Å²) in [5.41, 5.74) is 1.07. The van der Waals surface area contributed by atoms with E-state index >= 15 is 0 Å². The number of rotatable bonds is 8. The van der Waals surface area contributed by atoms with Gasteiger partial charge in [0.05, 0.1) is 5.60 Å². The maximum absolute atomic E-state index is 12.9. The third-order valence-corrected chi connectivity index (χ3v) is 8.29. The maximum atomic E-state index is 12.9. The number of allylic oxidation sites excluding steroid dienone is 3. The fraction of sp³-hybridized carbons (Fsp3) is 0.636. The fourth-order valence-electron chi connectivity index (χ4n) is 5.59. The average molecular weight is 646 g/mol. The number of hydrogen-bond donors (Lipinski definition) is 2. The van der Waals surface area contributed by atoms with Crippen molar-refractivity contribution in [3.8, 4) is 12.8 Å². The van der Waals surface area contributed by atoms with Crippen molar-refractivity contribution in [1.82, 2.24) is 19.8 Å². The molecule has 2 saturated heterocycles. The van der Waals surface area contributed by atoms with Gasteiger partial charge in [-0.1, -0.05) is 36.2 Å². The van der Waals surface area contributed by atoms with E-state index in [0.717, 1.165) is 56.9 Å². The molecule has 2 N–H and O–H groups in total. The first-order valence-corrected chi connectivity index (χ1v) is 16.0. The summed E-state index contributed by atoms with van der Waals surface area (Å²) >= 11 is 5.93. The van der Waals surface area contributed by atoms with E-state index in [1.807, 2.05) is 38.7 Å². The molecule has 0 radical (unpaired) electrons. The molecule has 4 heterocycles. The second kappa shape index (κ2) is 18.1. The molecular formula is C33H52ClN7O4. The van der Waals surface area contributed by atoms with Crippen molar-refractivity contribution in [3.63, 3.8) is 0 Å². The third-order valence-electron chi connectivity index (χ3n) is 8.14. The van der Waals surface area contributed by atoms with Crippen molar-refractivity contribution in [1.29, 1.82) is 0 Å². The maximum Gasteiger partial charge on any atom is 0.292 e. The molecule has 1 aromatic heterocycles. The summed E-state index contributed by atoms with van der Waals surface area (Å²) in [7, 11) is 1.71. The van der Waals surface area contributed by atoms with E-state index in [4.69, 9.17) is 16.3 Å². The molecule has 11 nitrogen and oxygen atoms in total. The molecule has 1 unspecified atom stereocenters. The molecule has 2 amide bonds. The molecule has 250 valence electrons. The van der Waals surface area contributed by atoms with E-state index in [0.29, 0.717) is 37.4 Å². The summed E-state index contributed by atoms with van der Waals surface area (Å²) in [4.78, 5) is 51.7. The van der Waals surface area contributed by atoms with E-state index in [9.17, 15) is 14.4 Å². The van der Waals surface area contributed by atoms with Gasteiger partial charge < -0.3 is 19.9 Å². The lowest BCUT2D eigenvalue weighted by molar-refractivity contribution is -0.117.